The van der Waals surface area contributed by atoms with Crippen molar-refractivity contribution < 1.29 is 19.0 Å². The molecule has 0 spiro atoms. The van der Waals surface area contributed by atoms with Crippen molar-refractivity contribution >= 4 is 5.97 Å². The lowest BCUT2D eigenvalue weighted by Gasteiger charge is -1.97. The summed E-state index contributed by atoms with van der Waals surface area (Å²) in [6, 6.07) is 0. The Balaban J connectivity index is 1.45. The number of hydrogen-bond acceptors (Lipinski definition) is 4. The number of unbranched alkanes of at least 4 members (excludes halogenated alkanes) is 3. The van der Waals surface area contributed by atoms with Gasteiger partial charge in [0.15, 0.2) is 0 Å². The first-order valence-electron chi connectivity index (χ1n) is 9.29. The summed E-state index contributed by atoms with van der Waals surface area (Å²) in [7, 11) is 1.34. The van der Waals surface area contributed by atoms with Crippen molar-refractivity contribution in [3.63, 3.8) is 0 Å². The van der Waals surface area contributed by atoms with E-state index in [0.29, 0.717) is 6.42 Å². The third kappa shape index (κ3) is 5.41. The van der Waals surface area contributed by atoms with Crippen LogP contribution >= 0.6 is 0 Å². The molecule has 0 N–H and O–H groups in total. The molecule has 4 heteroatoms. The molecular weight excluding hydrogens is 316 g/mol. The Kier molecular flexibility index (Phi) is 7.66. The summed E-state index contributed by atoms with van der Waals surface area (Å²) >= 11 is 0. The second-order valence-corrected chi connectivity index (χ2v) is 6.36. The smallest absolute Gasteiger partial charge is 0.372 e. The normalized spacial score (nSPS) is 27.6. The molecule has 0 unspecified atom stereocenters. The van der Waals surface area contributed by atoms with Gasteiger partial charge in [0.1, 0.15) is 0 Å². The molecule has 0 amide bonds. The summed E-state index contributed by atoms with van der Waals surface area (Å²) in [6.07, 6.45) is 25.8. The van der Waals surface area contributed by atoms with Crippen LogP contribution in [0, 0.1) is 0 Å². The van der Waals surface area contributed by atoms with E-state index in [2.05, 4.69) is 54.2 Å². The van der Waals surface area contributed by atoms with Crippen molar-refractivity contribution in [1.29, 1.82) is 0 Å². The number of methoxy groups -OCH3 is 1. The van der Waals surface area contributed by atoms with Crippen molar-refractivity contribution in [3.8, 4) is 0 Å². The van der Waals surface area contributed by atoms with Gasteiger partial charge in [-0.05, 0) is 32.1 Å². The molecule has 138 valence electrons. The van der Waals surface area contributed by atoms with Gasteiger partial charge in [-0.15, -0.1) is 0 Å². The van der Waals surface area contributed by atoms with E-state index in [-0.39, 0.29) is 0 Å². The number of fused-ring (bicyclic) bond motifs is 1. The fourth-order valence-electron chi connectivity index (χ4n) is 2.69. The summed E-state index contributed by atoms with van der Waals surface area (Å²) < 4.78 is 15.2. The Hall–Kier alpha value is -1.65. The first kappa shape index (κ1) is 19.7. The van der Waals surface area contributed by atoms with E-state index in [1.807, 2.05) is 6.08 Å². The van der Waals surface area contributed by atoms with Crippen molar-refractivity contribution in [2.24, 2.45) is 0 Å². The van der Waals surface area contributed by atoms with Gasteiger partial charge >= 0.3 is 11.8 Å². The Morgan fingerprint density at radius 3 is 2.00 bits per heavy atom. The van der Waals surface area contributed by atoms with Gasteiger partial charge in [0, 0.05) is 6.42 Å². The van der Waals surface area contributed by atoms with E-state index < -0.39 is 17.5 Å². The zero-order valence-electron chi connectivity index (χ0n) is 15.4. The SMILES string of the molecule is CCCCCC=CCC=CCC=CCC=CCC12OC1(C(=O)OC)O2. The summed E-state index contributed by atoms with van der Waals surface area (Å²) in [6.45, 7) is 2.23. The molecule has 2 heterocycles. The molecule has 0 aromatic carbocycles. The van der Waals surface area contributed by atoms with E-state index in [1.54, 1.807) is 0 Å². The highest BCUT2D eigenvalue weighted by molar-refractivity contribution is 5.86. The van der Waals surface area contributed by atoms with Crippen LogP contribution in [0.25, 0.3) is 0 Å². The summed E-state index contributed by atoms with van der Waals surface area (Å²) in [5.74, 6) is -2.26. The van der Waals surface area contributed by atoms with E-state index >= 15 is 0 Å². The minimum atomic E-state index is -1.09. The number of rotatable bonds is 13. The Bertz CT molecular complexity index is 536. The molecule has 4 nitrogen and oxygen atoms in total. The fourth-order valence-corrected chi connectivity index (χ4v) is 2.69. The molecule has 0 aliphatic carbocycles. The number of hydrogen-bond donors (Lipinski definition) is 0. The summed E-state index contributed by atoms with van der Waals surface area (Å²) in [5, 5.41) is 0. The maximum Gasteiger partial charge on any atom is 0.372 e. The lowest BCUT2D eigenvalue weighted by Crippen LogP contribution is -2.16. The van der Waals surface area contributed by atoms with E-state index in [0.717, 1.165) is 19.3 Å². The van der Waals surface area contributed by atoms with Crippen LogP contribution in [0.15, 0.2) is 48.6 Å². The van der Waals surface area contributed by atoms with Crippen molar-refractivity contribution in [1.82, 2.24) is 0 Å². The molecule has 0 bridgehead atoms. The molecule has 0 aromatic heterocycles. The number of epoxide rings is 2. The van der Waals surface area contributed by atoms with Gasteiger partial charge in [-0.3, -0.25) is 9.47 Å². The summed E-state index contributed by atoms with van der Waals surface area (Å²) in [4.78, 5) is 11.4. The number of ether oxygens (including phenoxy) is 3. The van der Waals surface area contributed by atoms with Crippen LogP contribution in [0.4, 0.5) is 0 Å². The zero-order valence-corrected chi connectivity index (χ0v) is 15.4. The standard InChI is InChI=1S/C21H30O4/c1-3-4-5-6-7-8-9-10-11-12-13-14-15-16-17-18-20-21(24-20,25-20)19(22)23-2/h7-8,10-11,13-14,16-17H,3-6,9,12,15,18H2,1-2H3. The molecule has 2 aliphatic heterocycles. The van der Waals surface area contributed by atoms with Crippen LogP contribution in [0.2, 0.25) is 0 Å². The molecule has 25 heavy (non-hydrogen) atoms. The largest absolute Gasteiger partial charge is 0.465 e. The topological polar surface area (TPSA) is 51.4 Å². The average molecular weight is 346 g/mol. The first-order valence-corrected chi connectivity index (χ1v) is 9.29. The maximum atomic E-state index is 11.4. The molecule has 0 radical (unpaired) electrons. The van der Waals surface area contributed by atoms with Crippen LogP contribution in [0.5, 0.6) is 0 Å². The van der Waals surface area contributed by atoms with Gasteiger partial charge in [-0.1, -0.05) is 68.4 Å². The van der Waals surface area contributed by atoms with Gasteiger partial charge in [-0.2, -0.15) is 0 Å². The molecule has 0 aromatic rings. The first-order chi connectivity index (χ1) is 12.2. The van der Waals surface area contributed by atoms with Gasteiger partial charge in [0.2, 0.25) is 5.79 Å². The Labute approximate surface area is 151 Å². The van der Waals surface area contributed by atoms with Crippen LogP contribution in [-0.2, 0) is 19.0 Å². The highest BCUT2D eigenvalue weighted by atomic mass is 17.1. The predicted octanol–water partition coefficient (Wildman–Crippen LogP) is 4.98. The van der Waals surface area contributed by atoms with E-state index in [9.17, 15) is 4.79 Å². The van der Waals surface area contributed by atoms with Crippen molar-refractivity contribution in [2.75, 3.05) is 7.11 Å². The van der Waals surface area contributed by atoms with Crippen LogP contribution < -0.4 is 0 Å². The second-order valence-electron chi connectivity index (χ2n) is 6.36. The highest BCUT2D eigenvalue weighted by Gasteiger charge is 2.96. The Morgan fingerprint density at radius 2 is 1.44 bits per heavy atom. The minimum absolute atomic E-state index is 0.441. The van der Waals surface area contributed by atoms with E-state index in [4.69, 9.17) is 9.47 Å². The number of esters is 1. The van der Waals surface area contributed by atoms with Crippen molar-refractivity contribution in [2.45, 2.75) is 69.9 Å². The molecular formula is C21H30O4. The molecule has 2 aliphatic rings. The molecule has 0 saturated carbocycles. The molecule has 2 fully saturated rings. The maximum absolute atomic E-state index is 11.4. The monoisotopic (exact) mass is 346 g/mol. The minimum Gasteiger partial charge on any atom is -0.465 e. The van der Waals surface area contributed by atoms with Crippen LogP contribution in [-0.4, -0.2) is 24.7 Å². The summed E-state index contributed by atoms with van der Waals surface area (Å²) in [5.41, 5.74) is 0. The number of carbonyl (C=O) groups is 1. The molecule has 2 rings (SSSR count). The van der Waals surface area contributed by atoms with Gasteiger partial charge < -0.3 is 4.74 Å². The van der Waals surface area contributed by atoms with Crippen LogP contribution in [0.1, 0.15) is 58.3 Å². The van der Waals surface area contributed by atoms with Crippen molar-refractivity contribution in [3.05, 3.63) is 48.6 Å². The Morgan fingerprint density at radius 1 is 0.880 bits per heavy atom. The fraction of sp³-hybridized carbons (Fsp3) is 0.571. The third-order valence-corrected chi connectivity index (χ3v) is 4.33. The molecule has 0 atom stereocenters. The number of carbonyl (C=O) groups excluding carboxylic acids is 1. The number of allylic oxidation sites excluding steroid dienone is 7. The van der Waals surface area contributed by atoms with Gasteiger partial charge in [0.25, 0.3) is 0 Å². The van der Waals surface area contributed by atoms with Gasteiger partial charge in [-0.25, -0.2) is 4.79 Å². The average Bonchev–Trinajstić information content (AvgIpc) is 3.44. The lowest BCUT2D eigenvalue weighted by molar-refractivity contribution is -0.168. The second kappa shape index (κ2) is 9.73. The predicted molar refractivity (Wildman–Crippen MR) is 98.8 cm³/mol. The quantitative estimate of drug-likeness (QED) is 0.204. The van der Waals surface area contributed by atoms with Gasteiger partial charge in [0.05, 0.1) is 7.11 Å². The lowest BCUT2D eigenvalue weighted by atomic mass is 10.2. The van der Waals surface area contributed by atoms with E-state index in [1.165, 1.54) is 32.8 Å². The zero-order chi connectivity index (χ0) is 18.0. The highest BCUT2D eigenvalue weighted by Crippen LogP contribution is 2.69. The third-order valence-electron chi connectivity index (χ3n) is 4.33. The van der Waals surface area contributed by atoms with Crippen LogP contribution in [0.3, 0.4) is 0 Å². The molecule has 2 saturated heterocycles.